The van der Waals surface area contributed by atoms with Crippen molar-refractivity contribution in [1.29, 1.82) is 0 Å². The van der Waals surface area contributed by atoms with Gasteiger partial charge in [-0.1, -0.05) is 13.8 Å². The van der Waals surface area contributed by atoms with Gasteiger partial charge in [0.2, 0.25) is 0 Å². The Balaban J connectivity index is 3.39. The Labute approximate surface area is 128 Å². The summed E-state index contributed by atoms with van der Waals surface area (Å²) in [7, 11) is 4.66. The van der Waals surface area contributed by atoms with Crippen LogP contribution in [0.2, 0.25) is 0 Å². The zero-order valence-corrected chi connectivity index (χ0v) is 14.2. The summed E-state index contributed by atoms with van der Waals surface area (Å²) in [6.45, 7) is 3.88. The second kappa shape index (κ2) is 7.09. The van der Waals surface area contributed by atoms with E-state index in [-0.39, 0.29) is 5.78 Å². The van der Waals surface area contributed by atoms with Gasteiger partial charge in [-0.05, 0) is 40.9 Å². The molecule has 0 bridgehead atoms. The molecule has 112 valence electrons. The van der Waals surface area contributed by atoms with E-state index in [1.165, 1.54) is 7.11 Å². The first-order valence-electron chi connectivity index (χ1n) is 6.51. The Bertz CT molecular complexity index is 473. The van der Waals surface area contributed by atoms with Crippen LogP contribution in [-0.4, -0.2) is 32.7 Å². The van der Waals surface area contributed by atoms with Crippen molar-refractivity contribution in [2.24, 2.45) is 0 Å². The van der Waals surface area contributed by atoms with Gasteiger partial charge in [-0.25, -0.2) is 0 Å². The van der Waals surface area contributed by atoms with Crippen LogP contribution in [0.5, 0.6) is 11.5 Å². The molecule has 5 heteroatoms. The summed E-state index contributed by atoms with van der Waals surface area (Å²) < 4.78 is 16.7. The van der Waals surface area contributed by atoms with Crippen LogP contribution in [0.1, 0.15) is 37.0 Å². The third-order valence-electron chi connectivity index (χ3n) is 3.68. The number of carbonyl (C=O) groups excluding carboxylic acids is 1. The lowest BCUT2D eigenvalue weighted by Gasteiger charge is -2.29. The molecule has 0 N–H and O–H groups in total. The van der Waals surface area contributed by atoms with Gasteiger partial charge >= 0.3 is 0 Å². The van der Waals surface area contributed by atoms with Crippen molar-refractivity contribution < 1.29 is 19.0 Å². The molecule has 1 aromatic carbocycles. The van der Waals surface area contributed by atoms with Crippen molar-refractivity contribution in [2.75, 3.05) is 21.3 Å². The molecule has 0 saturated heterocycles. The average molecular weight is 345 g/mol. The number of Topliss-reactive ketones (excluding diaryl/α,β-unsaturated/α-hetero) is 1. The zero-order valence-electron chi connectivity index (χ0n) is 12.6. The van der Waals surface area contributed by atoms with E-state index in [0.717, 1.165) is 0 Å². The van der Waals surface area contributed by atoms with E-state index in [4.69, 9.17) is 14.2 Å². The van der Waals surface area contributed by atoms with Gasteiger partial charge in [0.1, 0.15) is 21.6 Å². The standard InChI is InChI=1S/C15H21BrO4/c1-6-15(7-2,20-5)14(17)10-8-9-11(18-3)12(16)13(10)19-4/h8-9H,6-7H2,1-5H3. The molecule has 0 aliphatic rings. The van der Waals surface area contributed by atoms with Crippen LogP contribution in [0.15, 0.2) is 16.6 Å². The first-order valence-corrected chi connectivity index (χ1v) is 7.31. The number of benzene rings is 1. The third-order valence-corrected chi connectivity index (χ3v) is 4.43. The van der Waals surface area contributed by atoms with E-state index in [1.54, 1.807) is 26.4 Å². The highest BCUT2D eigenvalue weighted by molar-refractivity contribution is 9.10. The highest BCUT2D eigenvalue weighted by Crippen LogP contribution is 2.39. The number of methoxy groups -OCH3 is 3. The molecule has 0 radical (unpaired) electrons. The molecule has 0 aliphatic carbocycles. The van der Waals surface area contributed by atoms with Crippen molar-refractivity contribution in [3.8, 4) is 11.5 Å². The van der Waals surface area contributed by atoms with Crippen LogP contribution in [0.4, 0.5) is 0 Å². The molecule has 1 aromatic rings. The van der Waals surface area contributed by atoms with Gasteiger partial charge in [0.15, 0.2) is 5.78 Å². The number of ketones is 1. The van der Waals surface area contributed by atoms with Crippen molar-refractivity contribution in [1.82, 2.24) is 0 Å². The van der Waals surface area contributed by atoms with E-state index in [1.807, 2.05) is 13.8 Å². The van der Waals surface area contributed by atoms with Crippen LogP contribution in [0.25, 0.3) is 0 Å². The molecule has 0 aromatic heterocycles. The predicted molar refractivity (Wildman–Crippen MR) is 81.9 cm³/mol. The lowest BCUT2D eigenvalue weighted by atomic mass is 9.87. The van der Waals surface area contributed by atoms with Crippen LogP contribution in [0.3, 0.4) is 0 Å². The maximum Gasteiger partial charge on any atom is 0.198 e. The highest BCUT2D eigenvalue weighted by Gasteiger charge is 2.37. The molecule has 0 aliphatic heterocycles. The number of ether oxygens (including phenoxy) is 3. The molecule has 0 saturated carbocycles. The van der Waals surface area contributed by atoms with E-state index in [9.17, 15) is 4.79 Å². The fourth-order valence-corrected chi connectivity index (χ4v) is 2.94. The van der Waals surface area contributed by atoms with Crippen molar-refractivity contribution in [3.63, 3.8) is 0 Å². The van der Waals surface area contributed by atoms with Gasteiger partial charge in [-0.2, -0.15) is 0 Å². The fraction of sp³-hybridized carbons (Fsp3) is 0.533. The summed E-state index contributed by atoms with van der Waals surface area (Å²) in [5.74, 6) is 1.01. The zero-order chi connectivity index (χ0) is 15.3. The number of carbonyl (C=O) groups is 1. The van der Waals surface area contributed by atoms with Crippen molar-refractivity contribution >= 4 is 21.7 Å². The van der Waals surface area contributed by atoms with Crippen molar-refractivity contribution in [2.45, 2.75) is 32.3 Å². The number of rotatable bonds is 7. The third kappa shape index (κ3) is 2.83. The second-order valence-corrected chi connectivity index (χ2v) is 5.19. The predicted octanol–water partition coefficient (Wildman–Crippen LogP) is 3.85. The highest BCUT2D eigenvalue weighted by atomic mass is 79.9. The Kier molecular flexibility index (Phi) is 6.02. The molecule has 1 rings (SSSR count). The van der Waals surface area contributed by atoms with Gasteiger partial charge in [-0.15, -0.1) is 0 Å². The van der Waals surface area contributed by atoms with Crippen molar-refractivity contribution in [3.05, 3.63) is 22.2 Å². The first-order chi connectivity index (χ1) is 9.51. The summed E-state index contributed by atoms with van der Waals surface area (Å²) in [6, 6.07) is 3.45. The Morgan fingerprint density at radius 3 is 2.15 bits per heavy atom. The molecular weight excluding hydrogens is 324 g/mol. The molecule has 0 heterocycles. The summed E-state index contributed by atoms with van der Waals surface area (Å²) in [4.78, 5) is 12.8. The first kappa shape index (κ1) is 17.0. The van der Waals surface area contributed by atoms with Gasteiger partial charge in [-0.3, -0.25) is 4.79 Å². The molecular formula is C15H21BrO4. The quantitative estimate of drug-likeness (QED) is 0.704. The maximum absolute atomic E-state index is 12.8. The van der Waals surface area contributed by atoms with E-state index in [2.05, 4.69) is 15.9 Å². The van der Waals surface area contributed by atoms with E-state index in [0.29, 0.717) is 34.4 Å². The summed E-state index contributed by atoms with van der Waals surface area (Å²) in [5, 5.41) is 0. The van der Waals surface area contributed by atoms with Crippen LogP contribution < -0.4 is 9.47 Å². The van der Waals surface area contributed by atoms with Gasteiger partial charge in [0, 0.05) is 7.11 Å². The molecule has 0 amide bonds. The lowest BCUT2D eigenvalue weighted by molar-refractivity contribution is -0.00282. The van der Waals surface area contributed by atoms with Crippen LogP contribution >= 0.6 is 15.9 Å². The van der Waals surface area contributed by atoms with Gasteiger partial charge in [0.05, 0.1) is 19.8 Å². The topological polar surface area (TPSA) is 44.8 Å². The smallest absolute Gasteiger partial charge is 0.198 e. The normalized spacial score (nSPS) is 11.3. The number of hydrogen-bond acceptors (Lipinski definition) is 4. The minimum absolute atomic E-state index is 0.0785. The fourth-order valence-electron chi connectivity index (χ4n) is 2.27. The molecule has 0 atom stereocenters. The maximum atomic E-state index is 12.8. The number of hydrogen-bond donors (Lipinski definition) is 0. The summed E-state index contributed by atoms with van der Waals surface area (Å²) in [6.07, 6.45) is 1.21. The minimum Gasteiger partial charge on any atom is -0.495 e. The van der Waals surface area contributed by atoms with Gasteiger partial charge < -0.3 is 14.2 Å². The minimum atomic E-state index is -0.818. The van der Waals surface area contributed by atoms with E-state index < -0.39 is 5.60 Å². The Hall–Kier alpha value is -1.07. The lowest BCUT2D eigenvalue weighted by Crippen LogP contribution is -2.39. The monoisotopic (exact) mass is 344 g/mol. The summed E-state index contributed by atoms with van der Waals surface area (Å²) >= 11 is 3.41. The molecule has 0 spiro atoms. The number of halogens is 1. The molecule has 0 unspecified atom stereocenters. The molecule has 4 nitrogen and oxygen atoms in total. The largest absolute Gasteiger partial charge is 0.495 e. The average Bonchev–Trinajstić information content (AvgIpc) is 2.49. The SMILES string of the molecule is CCC(CC)(OC)C(=O)c1ccc(OC)c(Br)c1OC. The van der Waals surface area contributed by atoms with Gasteiger partial charge in [0.25, 0.3) is 0 Å². The van der Waals surface area contributed by atoms with Crippen LogP contribution in [0, 0.1) is 0 Å². The van der Waals surface area contributed by atoms with Crippen LogP contribution in [-0.2, 0) is 4.74 Å². The Morgan fingerprint density at radius 2 is 1.75 bits per heavy atom. The van der Waals surface area contributed by atoms with E-state index >= 15 is 0 Å². The second-order valence-electron chi connectivity index (χ2n) is 4.40. The Morgan fingerprint density at radius 1 is 1.15 bits per heavy atom. The summed E-state index contributed by atoms with van der Waals surface area (Å²) in [5.41, 5.74) is -0.327. The molecule has 0 fully saturated rings. The molecule has 20 heavy (non-hydrogen) atoms.